The maximum absolute atomic E-state index is 11.8. The van der Waals surface area contributed by atoms with Crippen molar-refractivity contribution in [2.45, 2.75) is 43.6 Å². The predicted molar refractivity (Wildman–Crippen MR) is 117 cm³/mol. The summed E-state index contributed by atoms with van der Waals surface area (Å²) in [6.07, 6.45) is 5.27. The van der Waals surface area contributed by atoms with Gasteiger partial charge in [0.15, 0.2) is 0 Å². The molecule has 0 aromatic heterocycles. The average molecular weight is 399 g/mol. The van der Waals surface area contributed by atoms with Crippen LogP contribution in [0.2, 0.25) is 5.02 Å². The van der Waals surface area contributed by atoms with Crippen molar-refractivity contribution in [1.29, 1.82) is 0 Å². The first-order valence-electron chi connectivity index (χ1n) is 10.7. The Balaban J connectivity index is 1.73. The fourth-order valence-corrected chi connectivity index (χ4v) is 5.13. The second-order valence-electron chi connectivity index (χ2n) is 8.37. The second-order valence-corrected chi connectivity index (χ2v) is 8.80. The van der Waals surface area contributed by atoms with Crippen molar-refractivity contribution in [3.8, 4) is 11.1 Å². The molecule has 4 heteroatoms. The van der Waals surface area contributed by atoms with Gasteiger partial charge in [0.1, 0.15) is 0 Å². The molecule has 2 aromatic rings. The van der Waals surface area contributed by atoms with Crippen molar-refractivity contribution >= 4 is 11.6 Å². The standard InChI is InChI=1S/C24H31ClN2O/c25-20-8-6-7-19(17-20)21-9-2-3-10-22(21)23(18-27-15-13-26-14-16-27)24(28)11-4-1-5-12-24/h2-3,6-10,17,23,26,28H,1,4-5,11-16,18H2. The molecule has 1 heterocycles. The van der Waals surface area contributed by atoms with E-state index in [1.807, 2.05) is 18.2 Å². The van der Waals surface area contributed by atoms with Gasteiger partial charge in [0.25, 0.3) is 0 Å². The van der Waals surface area contributed by atoms with E-state index in [1.165, 1.54) is 17.5 Å². The van der Waals surface area contributed by atoms with Crippen LogP contribution in [0, 0.1) is 0 Å². The van der Waals surface area contributed by atoms with Crippen molar-refractivity contribution in [1.82, 2.24) is 10.2 Å². The zero-order valence-electron chi connectivity index (χ0n) is 16.5. The molecule has 0 spiro atoms. The highest BCUT2D eigenvalue weighted by molar-refractivity contribution is 6.30. The molecule has 2 aromatic carbocycles. The Bertz CT molecular complexity index is 782. The highest BCUT2D eigenvalue weighted by atomic mass is 35.5. The zero-order chi connectivity index (χ0) is 19.4. The van der Waals surface area contributed by atoms with Gasteiger partial charge in [-0.1, -0.05) is 67.3 Å². The summed E-state index contributed by atoms with van der Waals surface area (Å²) in [5.41, 5.74) is 2.96. The van der Waals surface area contributed by atoms with E-state index in [9.17, 15) is 5.11 Å². The number of aliphatic hydroxyl groups is 1. The SMILES string of the molecule is OC1(C(CN2CCNCC2)c2ccccc2-c2cccc(Cl)c2)CCCCC1. The molecule has 1 aliphatic carbocycles. The van der Waals surface area contributed by atoms with Crippen LogP contribution < -0.4 is 5.32 Å². The largest absolute Gasteiger partial charge is 0.389 e. The molecule has 2 aliphatic rings. The van der Waals surface area contributed by atoms with E-state index in [4.69, 9.17) is 11.6 Å². The maximum Gasteiger partial charge on any atom is 0.0728 e. The monoisotopic (exact) mass is 398 g/mol. The van der Waals surface area contributed by atoms with Gasteiger partial charge >= 0.3 is 0 Å². The van der Waals surface area contributed by atoms with Gasteiger partial charge in [0, 0.05) is 43.7 Å². The quantitative estimate of drug-likeness (QED) is 0.766. The Morgan fingerprint density at radius 3 is 2.50 bits per heavy atom. The predicted octanol–water partition coefficient (Wildman–Crippen LogP) is 4.69. The molecule has 1 saturated carbocycles. The molecule has 2 N–H and O–H groups in total. The van der Waals surface area contributed by atoms with Crippen molar-refractivity contribution in [2.75, 3.05) is 32.7 Å². The summed E-state index contributed by atoms with van der Waals surface area (Å²) in [6, 6.07) is 16.7. The van der Waals surface area contributed by atoms with E-state index in [2.05, 4.69) is 40.5 Å². The maximum atomic E-state index is 11.8. The number of benzene rings is 2. The molecule has 4 rings (SSSR count). The number of hydrogen-bond donors (Lipinski definition) is 2. The van der Waals surface area contributed by atoms with Gasteiger partial charge in [-0.05, 0) is 41.7 Å². The fraction of sp³-hybridized carbons (Fsp3) is 0.500. The summed E-state index contributed by atoms with van der Waals surface area (Å²) in [5.74, 6) is 0.112. The molecule has 0 radical (unpaired) electrons. The zero-order valence-corrected chi connectivity index (χ0v) is 17.3. The lowest BCUT2D eigenvalue weighted by Gasteiger charge is -2.43. The fourth-order valence-electron chi connectivity index (χ4n) is 4.94. The topological polar surface area (TPSA) is 35.5 Å². The van der Waals surface area contributed by atoms with Crippen molar-refractivity contribution < 1.29 is 5.11 Å². The van der Waals surface area contributed by atoms with Gasteiger partial charge in [-0.3, -0.25) is 0 Å². The van der Waals surface area contributed by atoms with Gasteiger partial charge in [-0.2, -0.15) is 0 Å². The normalized spacial score (nSPS) is 21.4. The Morgan fingerprint density at radius 1 is 1.00 bits per heavy atom. The van der Waals surface area contributed by atoms with Crippen LogP contribution in [0.3, 0.4) is 0 Å². The molecule has 0 amide bonds. The van der Waals surface area contributed by atoms with Gasteiger partial charge in [0.2, 0.25) is 0 Å². The van der Waals surface area contributed by atoms with E-state index < -0.39 is 5.60 Å². The van der Waals surface area contributed by atoms with Gasteiger partial charge in [-0.25, -0.2) is 0 Å². The van der Waals surface area contributed by atoms with Crippen molar-refractivity contribution in [3.63, 3.8) is 0 Å². The third-order valence-electron chi connectivity index (χ3n) is 6.49. The van der Waals surface area contributed by atoms with Crippen LogP contribution in [0.4, 0.5) is 0 Å². The number of halogens is 1. The summed E-state index contributed by atoms with van der Waals surface area (Å²) in [6.45, 7) is 5.07. The molecular weight excluding hydrogens is 368 g/mol. The summed E-state index contributed by atoms with van der Waals surface area (Å²) >= 11 is 6.29. The van der Waals surface area contributed by atoms with E-state index in [1.54, 1.807) is 0 Å². The molecule has 0 bridgehead atoms. The summed E-state index contributed by atoms with van der Waals surface area (Å²) in [7, 11) is 0. The van der Waals surface area contributed by atoms with Crippen LogP contribution in [0.1, 0.15) is 43.6 Å². The number of piperazine rings is 1. The minimum absolute atomic E-state index is 0.112. The molecular formula is C24H31ClN2O. The molecule has 3 nitrogen and oxygen atoms in total. The van der Waals surface area contributed by atoms with Crippen LogP contribution in [0.5, 0.6) is 0 Å². The first-order chi connectivity index (χ1) is 13.7. The molecule has 1 atom stereocenters. The molecule has 150 valence electrons. The molecule has 2 fully saturated rings. The van der Waals surface area contributed by atoms with Crippen molar-refractivity contribution in [3.05, 3.63) is 59.1 Å². The highest BCUT2D eigenvalue weighted by Crippen LogP contribution is 2.43. The number of hydrogen-bond acceptors (Lipinski definition) is 3. The second kappa shape index (κ2) is 8.96. The minimum atomic E-state index is -0.627. The van der Waals surface area contributed by atoms with Gasteiger partial charge in [0.05, 0.1) is 5.60 Å². The third-order valence-corrected chi connectivity index (χ3v) is 6.73. The summed E-state index contributed by atoms with van der Waals surface area (Å²) in [5, 5.41) is 16.0. The third kappa shape index (κ3) is 4.44. The molecule has 1 saturated heterocycles. The first kappa shape index (κ1) is 19.9. The van der Waals surface area contributed by atoms with Crippen molar-refractivity contribution in [2.24, 2.45) is 0 Å². The summed E-state index contributed by atoms with van der Waals surface area (Å²) in [4.78, 5) is 2.52. The lowest BCUT2D eigenvalue weighted by atomic mass is 9.71. The molecule has 1 unspecified atom stereocenters. The Labute approximate surface area is 173 Å². The smallest absolute Gasteiger partial charge is 0.0728 e. The van der Waals surface area contributed by atoms with E-state index in [0.29, 0.717) is 0 Å². The van der Waals surface area contributed by atoms with Crippen LogP contribution >= 0.6 is 11.6 Å². The van der Waals surface area contributed by atoms with Crippen LogP contribution in [0.25, 0.3) is 11.1 Å². The summed E-state index contributed by atoms with van der Waals surface area (Å²) < 4.78 is 0. The Hall–Kier alpha value is -1.39. The lowest BCUT2D eigenvalue weighted by Crippen LogP contribution is -2.49. The average Bonchev–Trinajstić information content (AvgIpc) is 2.73. The highest BCUT2D eigenvalue weighted by Gasteiger charge is 2.40. The molecule has 1 aliphatic heterocycles. The Kier molecular flexibility index (Phi) is 6.37. The van der Waals surface area contributed by atoms with E-state index in [0.717, 1.165) is 69.0 Å². The van der Waals surface area contributed by atoms with Crippen LogP contribution in [-0.4, -0.2) is 48.3 Å². The van der Waals surface area contributed by atoms with Crippen LogP contribution in [-0.2, 0) is 0 Å². The number of rotatable bonds is 5. The Morgan fingerprint density at radius 2 is 1.75 bits per heavy atom. The van der Waals surface area contributed by atoms with E-state index >= 15 is 0 Å². The lowest BCUT2D eigenvalue weighted by molar-refractivity contribution is -0.0315. The number of nitrogens with one attached hydrogen (secondary N) is 1. The first-order valence-corrected chi connectivity index (χ1v) is 11.0. The van der Waals surface area contributed by atoms with E-state index in [-0.39, 0.29) is 5.92 Å². The van der Waals surface area contributed by atoms with Gasteiger partial charge < -0.3 is 15.3 Å². The minimum Gasteiger partial charge on any atom is -0.389 e. The van der Waals surface area contributed by atoms with Crippen LogP contribution in [0.15, 0.2) is 48.5 Å². The molecule has 28 heavy (non-hydrogen) atoms. The number of nitrogens with zero attached hydrogens (tertiary/aromatic N) is 1. The van der Waals surface area contributed by atoms with Gasteiger partial charge in [-0.15, -0.1) is 0 Å².